The lowest BCUT2D eigenvalue weighted by molar-refractivity contribution is -0.0999. The Morgan fingerprint density at radius 1 is 1.00 bits per heavy atom. The molecule has 2 aliphatic heterocycles. The Balaban J connectivity index is 1.48. The summed E-state index contributed by atoms with van der Waals surface area (Å²) in [6, 6.07) is 12.0. The van der Waals surface area contributed by atoms with Gasteiger partial charge in [0.15, 0.2) is 0 Å². The smallest absolute Gasteiger partial charge is 0.0677 e. The van der Waals surface area contributed by atoms with Crippen LogP contribution in [0.4, 0.5) is 0 Å². The molecule has 0 saturated carbocycles. The van der Waals surface area contributed by atoms with Crippen molar-refractivity contribution in [1.82, 2.24) is 4.90 Å². The van der Waals surface area contributed by atoms with E-state index in [0.717, 1.165) is 32.2 Å². The average Bonchev–Trinajstić information content (AvgIpc) is 2.63. The molecule has 2 bridgehead atoms. The van der Waals surface area contributed by atoms with Gasteiger partial charge in [-0.3, -0.25) is 4.90 Å². The van der Waals surface area contributed by atoms with Crippen LogP contribution in [0.2, 0.25) is 0 Å². The standard InChI is InChI=1S/C24H37NO/c1-2-3-4-5-6-7-11-17-24(26)18-22-15-12-16-23(19-24)25(22)20-21-13-9-8-10-14-21/h2,8-10,13-14,22-23,26H,1,3-7,11-12,15-20H2. The maximum absolute atomic E-state index is 11.3. The average molecular weight is 356 g/mol. The van der Waals surface area contributed by atoms with Gasteiger partial charge < -0.3 is 5.11 Å². The van der Waals surface area contributed by atoms with Crippen molar-refractivity contribution < 1.29 is 5.11 Å². The lowest BCUT2D eigenvalue weighted by Crippen LogP contribution is -2.57. The fraction of sp³-hybridized carbons (Fsp3) is 0.667. The van der Waals surface area contributed by atoms with Gasteiger partial charge in [0.25, 0.3) is 0 Å². The molecule has 26 heavy (non-hydrogen) atoms. The van der Waals surface area contributed by atoms with E-state index in [-0.39, 0.29) is 0 Å². The van der Waals surface area contributed by atoms with Gasteiger partial charge in [0.2, 0.25) is 0 Å². The number of fused-ring (bicyclic) bond motifs is 2. The van der Waals surface area contributed by atoms with Gasteiger partial charge in [0.05, 0.1) is 5.60 Å². The summed E-state index contributed by atoms with van der Waals surface area (Å²) in [5.74, 6) is 0. The van der Waals surface area contributed by atoms with Gasteiger partial charge in [-0.05, 0) is 50.5 Å². The largest absolute Gasteiger partial charge is 0.390 e. The zero-order valence-electron chi connectivity index (χ0n) is 16.4. The summed E-state index contributed by atoms with van der Waals surface area (Å²) < 4.78 is 0. The van der Waals surface area contributed by atoms with Crippen molar-refractivity contribution in [1.29, 1.82) is 0 Å². The number of hydrogen-bond donors (Lipinski definition) is 1. The van der Waals surface area contributed by atoms with Crippen LogP contribution in [-0.2, 0) is 6.54 Å². The van der Waals surface area contributed by atoms with E-state index in [4.69, 9.17) is 0 Å². The lowest BCUT2D eigenvalue weighted by atomic mass is 9.73. The first-order valence-corrected chi connectivity index (χ1v) is 10.8. The molecule has 0 aromatic heterocycles. The second-order valence-corrected chi connectivity index (χ2v) is 8.62. The van der Waals surface area contributed by atoms with Crippen molar-refractivity contribution in [2.75, 3.05) is 0 Å². The van der Waals surface area contributed by atoms with Crippen LogP contribution in [0.5, 0.6) is 0 Å². The van der Waals surface area contributed by atoms with Crippen molar-refractivity contribution >= 4 is 0 Å². The van der Waals surface area contributed by atoms with Gasteiger partial charge in [-0.2, -0.15) is 0 Å². The molecular formula is C24H37NO. The predicted molar refractivity (Wildman–Crippen MR) is 110 cm³/mol. The van der Waals surface area contributed by atoms with Gasteiger partial charge in [0, 0.05) is 18.6 Å². The van der Waals surface area contributed by atoms with Crippen LogP contribution in [0.1, 0.15) is 82.6 Å². The second kappa shape index (κ2) is 9.71. The van der Waals surface area contributed by atoms with E-state index in [1.807, 2.05) is 6.08 Å². The number of aliphatic hydroxyl groups is 1. The summed E-state index contributed by atoms with van der Waals surface area (Å²) >= 11 is 0. The number of unbranched alkanes of at least 4 members (excludes halogenated alkanes) is 5. The molecule has 1 aromatic rings. The van der Waals surface area contributed by atoms with Gasteiger partial charge >= 0.3 is 0 Å². The van der Waals surface area contributed by atoms with Crippen LogP contribution in [0.25, 0.3) is 0 Å². The highest BCUT2D eigenvalue weighted by atomic mass is 16.3. The molecule has 2 saturated heterocycles. The first kappa shape index (κ1) is 19.6. The first-order chi connectivity index (χ1) is 12.7. The number of nitrogens with zero attached hydrogens (tertiary/aromatic N) is 1. The van der Waals surface area contributed by atoms with Gasteiger partial charge in [-0.15, -0.1) is 6.58 Å². The third kappa shape index (κ3) is 5.44. The first-order valence-electron chi connectivity index (χ1n) is 10.8. The summed E-state index contributed by atoms with van der Waals surface area (Å²) in [5, 5.41) is 11.3. The minimum atomic E-state index is -0.413. The minimum Gasteiger partial charge on any atom is -0.390 e. The number of rotatable bonds is 10. The number of allylic oxidation sites excluding steroid dienone is 1. The molecule has 0 amide bonds. The Labute approximate surface area is 160 Å². The van der Waals surface area contributed by atoms with Crippen LogP contribution in [-0.4, -0.2) is 27.7 Å². The summed E-state index contributed by atoms with van der Waals surface area (Å²) in [7, 11) is 0. The monoisotopic (exact) mass is 355 g/mol. The summed E-state index contributed by atoms with van der Waals surface area (Å²) in [5.41, 5.74) is 0.999. The van der Waals surface area contributed by atoms with E-state index in [1.165, 1.54) is 56.9 Å². The molecule has 2 heteroatoms. The molecule has 0 aliphatic carbocycles. The molecule has 3 rings (SSSR count). The maximum Gasteiger partial charge on any atom is 0.0677 e. The highest BCUT2D eigenvalue weighted by molar-refractivity contribution is 5.15. The SMILES string of the molecule is C=CCCCCCCCC1(O)CC2CCCC(C1)N2Cc1ccccc1. The fourth-order valence-corrected chi connectivity index (χ4v) is 5.15. The van der Waals surface area contributed by atoms with Crippen LogP contribution in [0.15, 0.2) is 43.0 Å². The topological polar surface area (TPSA) is 23.5 Å². The van der Waals surface area contributed by atoms with Gasteiger partial charge in [-0.25, -0.2) is 0 Å². The highest BCUT2D eigenvalue weighted by Gasteiger charge is 2.44. The Morgan fingerprint density at radius 2 is 1.65 bits per heavy atom. The summed E-state index contributed by atoms with van der Waals surface area (Å²) in [6.07, 6.45) is 16.3. The molecule has 2 fully saturated rings. The van der Waals surface area contributed by atoms with E-state index < -0.39 is 5.60 Å². The Kier molecular flexibility index (Phi) is 7.33. The lowest BCUT2D eigenvalue weighted by Gasteiger charge is -2.52. The van der Waals surface area contributed by atoms with Crippen molar-refractivity contribution in [2.45, 2.75) is 101 Å². The number of hydrogen-bond acceptors (Lipinski definition) is 2. The molecule has 2 atom stereocenters. The fourth-order valence-electron chi connectivity index (χ4n) is 5.15. The number of piperidine rings is 2. The molecule has 2 heterocycles. The Bertz CT molecular complexity index is 526. The van der Waals surface area contributed by atoms with Gasteiger partial charge in [0.1, 0.15) is 0 Å². The number of benzene rings is 1. The van der Waals surface area contributed by atoms with E-state index in [2.05, 4.69) is 41.8 Å². The predicted octanol–water partition coefficient (Wildman–Crippen LogP) is 5.85. The van der Waals surface area contributed by atoms with Crippen LogP contribution in [0.3, 0.4) is 0 Å². The second-order valence-electron chi connectivity index (χ2n) is 8.62. The zero-order valence-corrected chi connectivity index (χ0v) is 16.4. The molecular weight excluding hydrogens is 318 g/mol. The molecule has 0 radical (unpaired) electrons. The van der Waals surface area contributed by atoms with E-state index >= 15 is 0 Å². The van der Waals surface area contributed by atoms with Crippen LogP contribution in [0, 0.1) is 0 Å². The van der Waals surface area contributed by atoms with Crippen molar-refractivity contribution in [3.8, 4) is 0 Å². The van der Waals surface area contributed by atoms with Crippen molar-refractivity contribution in [3.05, 3.63) is 48.6 Å². The molecule has 2 unspecified atom stereocenters. The van der Waals surface area contributed by atoms with E-state index in [1.54, 1.807) is 0 Å². The quantitative estimate of drug-likeness (QED) is 0.420. The minimum absolute atomic E-state index is 0.413. The highest BCUT2D eigenvalue weighted by Crippen LogP contribution is 2.42. The van der Waals surface area contributed by atoms with Crippen LogP contribution < -0.4 is 0 Å². The third-order valence-electron chi connectivity index (χ3n) is 6.50. The molecule has 2 aliphatic rings. The van der Waals surface area contributed by atoms with E-state index in [9.17, 15) is 5.11 Å². The summed E-state index contributed by atoms with van der Waals surface area (Å²) in [6.45, 7) is 4.84. The van der Waals surface area contributed by atoms with Gasteiger partial charge in [-0.1, -0.05) is 68.5 Å². The zero-order chi connectivity index (χ0) is 18.2. The summed E-state index contributed by atoms with van der Waals surface area (Å²) in [4.78, 5) is 2.70. The maximum atomic E-state index is 11.3. The van der Waals surface area contributed by atoms with E-state index in [0.29, 0.717) is 12.1 Å². The molecule has 144 valence electrons. The van der Waals surface area contributed by atoms with Crippen molar-refractivity contribution in [3.63, 3.8) is 0 Å². The van der Waals surface area contributed by atoms with Crippen molar-refractivity contribution in [2.24, 2.45) is 0 Å². The Morgan fingerprint density at radius 3 is 2.35 bits per heavy atom. The molecule has 1 aromatic carbocycles. The third-order valence-corrected chi connectivity index (χ3v) is 6.50. The molecule has 2 nitrogen and oxygen atoms in total. The normalized spacial score (nSPS) is 28.8. The molecule has 1 N–H and O–H groups in total. The van der Waals surface area contributed by atoms with Crippen LogP contribution >= 0.6 is 0 Å². The Hall–Kier alpha value is -1.12. The molecule has 0 spiro atoms.